The van der Waals surface area contributed by atoms with E-state index in [2.05, 4.69) is 20.1 Å². The smallest absolute Gasteiger partial charge is 0.325 e. The van der Waals surface area contributed by atoms with Crippen LogP contribution in [0.15, 0.2) is 48.9 Å². The van der Waals surface area contributed by atoms with Crippen molar-refractivity contribution in [3.05, 3.63) is 60.3 Å². The molecule has 1 fully saturated rings. The SMILES string of the molecule is CC[C@@H]1CN(c2nc3nncn3c3cccnc23)[C@@H](C)CN1[C@@H](C(=O)O)c1ccc(F)cc1. The second-order valence-electron chi connectivity index (χ2n) is 8.36. The Balaban J connectivity index is 1.54. The van der Waals surface area contributed by atoms with Gasteiger partial charge >= 0.3 is 5.97 Å². The van der Waals surface area contributed by atoms with Crippen LogP contribution in [0.3, 0.4) is 0 Å². The zero-order valence-electron chi connectivity index (χ0n) is 18.3. The Morgan fingerprint density at radius 2 is 2.03 bits per heavy atom. The highest BCUT2D eigenvalue weighted by atomic mass is 19.1. The normalized spacial score (nSPS) is 20.4. The Morgan fingerprint density at radius 3 is 2.76 bits per heavy atom. The van der Waals surface area contributed by atoms with Crippen LogP contribution < -0.4 is 4.90 Å². The zero-order chi connectivity index (χ0) is 23.1. The van der Waals surface area contributed by atoms with Gasteiger partial charge in [-0.15, -0.1) is 10.2 Å². The number of carboxylic acids is 1. The summed E-state index contributed by atoms with van der Waals surface area (Å²) >= 11 is 0. The lowest BCUT2D eigenvalue weighted by Crippen LogP contribution is -2.59. The van der Waals surface area contributed by atoms with Gasteiger partial charge in [0.1, 0.15) is 23.7 Å². The van der Waals surface area contributed by atoms with Gasteiger partial charge in [-0.3, -0.25) is 19.1 Å². The number of aliphatic carboxylic acids is 1. The summed E-state index contributed by atoms with van der Waals surface area (Å²) in [5, 5.41) is 18.2. The molecular formula is C23H24FN7O2. The molecule has 0 bridgehead atoms. The molecule has 3 aromatic heterocycles. The molecule has 4 heterocycles. The number of piperazine rings is 1. The number of fused-ring (bicyclic) bond motifs is 3. The molecule has 33 heavy (non-hydrogen) atoms. The van der Waals surface area contributed by atoms with Gasteiger partial charge in [-0.1, -0.05) is 19.1 Å². The van der Waals surface area contributed by atoms with Crippen LogP contribution in [0.5, 0.6) is 0 Å². The van der Waals surface area contributed by atoms with Crippen LogP contribution in [0, 0.1) is 5.82 Å². The first-order chi connectivity index (χ1) is 16.0. The van der Waals surface area contributed by atoms with Gasteiger partial charge < -0.3 is 10.0 Å². The Labute approximate surface area is 189 Å². The van der Waals surface area contributed by atoms with Gasteiger partial charge in [0.05, 0.1) is 5.52 Å². The van der Waals surface area contributed by atoms with Crippen LogP contribution in [-0.4, -0.2) is 65.7 Å². The lowest BCUT2D eigenvalue weighted by molar-refractivity contribution is -0.145. The molecule has 10 heteroatoms. The molecule has 1 saturated heterocycles. The van der Waals surface area contributed by atoms with Gasteiger partial charge in [0.15, 0.2) is 5.82 Å². The fourth-order valence-electron chi connectivity index (χ4n) is 4.75. The zero-order valence-corrected chi connectivity index (χ0v) is 18.3. The number of aromatic nitrogens is 5. The molecule has 5 rings (SSSR count). The summed E-state index contributed by atoms with van der Waals surface area (Å²) in [6, 6.07) is 8.58. The Bertz CT molecular complexity index is 1310. The van der Waals surface area contributed by atoms with E-state index in [1.54, 1.807) is 29.1 Å². The van der Waals surface area contributed by atoms with E-state index in [0.29, 0.717) is 30.2 Å². The summed E-state index contributed by atoms with van der Waals surface area (Å²) in [5.74, 6) is -0.133. The van der Waals surface area contributed by atoms with Gasteiger partial charge in [0.25, 0.3) is 5.78 Å². The van der Waals surface area contributed by atoms with Crippen LogP contribution in [0.1, 0.15) is 31.9 Å². The Kier molecular flexibility index (Phi) is 5.37. The van der Waals surface area contributed by atoms with E-state index in [9.17, 15) is 14.3 Å². The van der Waals surface area contributed by atoms with Crippen LogP contribution in [-0.2, 0) is 4.79 Å². The van der Waals surface area contributed by atoms with E-state index >= 15 is 0 Å². The van der Waals surface area contributed by atoms with Gasteiger partial charge in [-0.25, -0.2) is 4.39 Å². The highest BCUT2D eigenvalue weighted by Crippen LogP contribution is 2.33. The predicted octanol–water partition coefficient (Wildman–Crippen LogP) is 2.93. The average molecular weight is 449 g/mol. The predicted molar refractivity (Wildman–Crippen MR) is 120 cm³/mol. The van der Waals surface area contributed by atoms with Crippen LogP contribution in [0.2, 0.25) is 0 Å². The molecule has 0 saturated carbocycles. The third-order valence-electron chi connectivity index (χ3n) is 6.37. The summed E-state index contributed by atoms with van der Waals surface area (Å²) in [6.07, 6.45) is 4.09. The maximum Gasteiger partial charge on any atom is 0.325 e. The number of pyridine rings is 1. The van der Waals surface area contributed by atoms with Crippen LogP contribution >= 0.6 is 0 Å². The Hall–Kier alpha value is -3.66. The molecule has 0 amide bonds. The van der Waals surface area contributed by atoms with Crippen molar-refractivity contribution in [2.45, 2.75) is 38.4 Å². The first-order valence-electron chi connectivity index (χ1n) is 10.9. The maximum atomic E-state index is 13.5. The van der Waals surface area contributed by atoms with Crippen molar-refractivity contribution in [1.82, 2.24) is 29.5 Å². The van der Waals surface area contributed by atoms with Crippen LogP contribution in [0.25, 0.3) is 16.8 Å². The highest BCUT2D eigenvalue weighted by molar-refractivity contribution is 5.88. The number of carbonyl (C=O) groups is 1. The van der Waals surface area contributed by atoms with Crippen molar-refractivity contribution in [3.8, 4) is 0 Å². The minimum atomic E-state index is -0.948. The van der Waals surface area contributed by atoms with Gasteiger partial charge in [-0.2, -0.15) is 4.98 Å². The van der Waals surface area contributed by atoms with Crippen molar-refractivity contribution in [3.63, 3.8) is 0 Å². The lowest BCUT2D eigenvalue weighted by Gasteiger charge is -2.47. The summed E-state index contributed by atoms with van der Waals surface area (Å²) < 4.78 is 15.3. The van der Waals surface area contributed by atoms with E-state index in [-0.39, 0.29) is 17.9 Å². The number of halogens is 1. The van der Waals surface area contributed by atoms with E-state index in [4.69, 9.17) is 4.98 Å². The van der Waals surface area contributed by atoms with Crippen molar-refractivity contribution < 1.29 is 14.3 Å². The monoisotopic (exact) mass is 449 g/mol. The second-order valence-corrected chi connectivity index (χ2v) is 8.36. The fourth-order valence-corrected chi connectivity index (χ4v) is 4.75. The molecule has 3 atom stereocenters. The van der Waals surface area contributed by atoms with Gasteiger partial charge in [-0.05, 0) is 43.2 Å². The summed E-state index contributed by atoms with van der Waals surface area (Å²) in [7, 11) is 0. The molecule has 0 radical (unpaired) electrons. The minimum absolute atomic E-state index is 0.0434. The second kappa shape index (κ2) is 8.36. The van der Waals surface area contributed by atoms with Crippen molar-refractivity contribution >= 4 is 28.6 Å². The first kappa shape index (κ1) is 21.2. The van der Waals surface area contributed by atoms with E-state index in [1.807, 2.05) is 30.9 Å². The number of nitrogens with zero attached hydrogens (tertiary/aromatic N) is 7. The number of carboxylic acid groups (broad SMARTS) is 1. The third-order valence-corrected chi connectivity index (χ3v) is 6.37. The number of hydrogen-bond donors (Lipinski definition) is 1. The summed E-state index contributed by atoms with van der Waals surface area (Å²) in [6.45, 7) is 5.17. The molecule has 1 aliphatic rings. The molecule has 9 nitrogen and oxygen atoms in total. The third kappa shape index (κ3) is 3.66. The standard InChI is InChI=1S/C23H24FN7O2/c1-3-17-12-29(21-19-18(5-4-10-25-19)31-13-26-28-23(31)27-21)14(2)11-30(17)20(22(32)33)15-6-8-16(24)9-7-15/h4-10,13-14,17,20H,3,11-12H2,1-2H3,(H,32,33)/t14-,17+,20+/m0/s1. The molecule has 1 aliphatic heterocycles. The number of hydrogen-bond acceptors (Lipinski definition) is 7. The lowest BCUT2D eigenvalue weighted by atomic mass is 9.97. The van der Waals surface area contributed by atoms with Gasteiger partial charge in [0, 0.05) is 31.4 Å². The largest absolute Gasteiger partial charge is 0.480 e. The molecule has 0 aliphatic carbocycles. The topological polar surface area (TPSA) is 99.8 Å². The van der Waals surface area contributed by atoms with Gasteiger partial charge in [0.2, 0.25) is 0 Å². The number of anilines is 1. The molecule has 1 aromatic carbocycles. The fraction of sp³-hybridized carbons (Fsp3) is 0.348. The molecule has 0 unspecified atom stereocenters. The highest BCUT2D eigenvalue weighted by Gasteiger charge is 2.39. The maximum absolute atomic E-state index is 13.5. The first-order valence-corrected chi connectivity index (χ1v) is 10.9. The molecular weight excluding hydrogens is 425 g/mol. The van der Waals surface area contributed by atoms with Crippen molar-refractivity contribution in [1.29, 1.82) is 0 Å². The summed E-state index contributed by atoms with van der Waals surface area (Å²) in [4.78, 5) is 25.8. The number of rotatable bonds is 5. The van der Waals surface area contributed by atoms with E-state index in [1.165, 1.54) is 12.1 Å². The quantitative estimate of drug-likeness (QED) is 0.497. The summed E-state index contributed by atoms with van der Waals surface area (Å²) in [5.41, 5.74) is 2.17. The van der Waals surface area contributed by atoms with Crippen molar-refractivity contribution in [2.75, 3.05) is 18.0 Å². The van der Waals surface area contributed by atoms with E-state index < -0.39 is 12.0 Å². The molecule has 1 N–H and O–H groups in total. The Morgan fingerprint density at radius 1 is 1.24 bits per heavy atom. The van der Waals surface area contributed by atoms with Crippen molar-refractivity contribution in [2.24, 2.45) is 0 Å². The number of benzene rings is 1. The van der Waals surface area contributed by atoms with Crippen LogP contribution in [0.4, 0.5) is 10.2 Å². The molecule has 4 aromatic rings. The minimum Gasteiger partial charge on any atom is -0.480 e. The average Bonchev–Trinajstić information content (AvgIpc) is 3.29. The molecule has 0 spiro atoms. The molecule has 170 valence electrons. The van der Waals surface area contributed by atoms with E-state index in [0.717, 1.165) is 17.5 Å².